The van der Waals surface area contributed by atoms with E-state index in [2.05, 4.69) is 101 Å². The van der Waals surface area contributed by atoms with Crippen molar-refractivity contribution >= 4 is 16.8 Å². The molecular weight excluding hydrogens is 454 g/mol. The average molecular weight is 492 g/mol. The number of carbonyl (C=O) groups excluding carboxylic acids is 1. The van der Waals surface area contributed by atoms with Crippen molar-refractivity contribution in [3.05, 3.63) is 107 Å². The Morgan fingerprint density at radius 3 is 2.57 bits per heavy atom. The molecule has 4 aromatic rings. The fourth-order valence-electron chi connectivity index (χ4n) is 6.35. The molecule has 2 aliphatic rings. The van der Waals surface area contributed by atoms with Crippen LogP contribution in [0.4, 0.5) is 0 Å². The molecule has 1 aliphatic heterocycles. The van der Waals surface area contributed by atoms with Gasteiger partial charge in [0.15, 0.2) is 0 Å². The molecule has 0 unspecified atom stereocenters. The summed E-state index contributed by atoms with van der Waals surface area (Å²) in [5, 5.41) is 4.70. The van der Waals surface area contributed by atoms with E-state index in [1.807, 2.05) is 0 Å². The van der Waals surface area contributed by atoms with E-state index in [4.69, 9.17) is 0 Å². The van der Waals surface area contributed by atoms with Gasteiger partial charge in [0.05, 0.1) is 6.04 Å². The molecule has 2 heterocycles. The summed E-state index contributed by atoms with van der Waals surface area (Å²) in [5.74, 6) is 0.360. The van der Waals surface area contributed by atoms with Crippen molar-refractivity contribution in [2.45, 2.75) is 58.2 Å². The van der Waals surface area contributed by atoms with Crippen molar-refractivity contribution in [3.8, 4) is 0 Å². The lowest BCUT2D eigenvalue weighted by Crippen LogP contribution is -2.42. The van der Waals surface area contributed by atoms with Crippen LogP contribution in [-0.2, 0) is 24.3 Å². The highest BCUT2D eigenvalue weighted by molar-refractivity contribution is 5.81. The second kappa shape index (κ2) is 10.5. The zero-order valence-corrected chi connectivity index (χ0v) is 21.8. The summed E-state index contributed by atoms with van der Waals surface area (Å²) < 4.78 is 2.48. The summed E-state index contributed by atoms with van der Waals surface area (Å²) in [6.07, 6.45) is 5.18. The number of amides is 1. The van der Waals surface area contributed by atoms with Crippen LogP contribution in [-0.4, -0.2) is 28.5 Å². The number of hydrogen-bond acceptors (Lipinski definition) is 2. The minimum absolute atomic E-state index is 0.114. The number of piperidine rings is 1. The summed E-state index contributed by atoms with van der Waals surface area (Å²) in [5.41, 5.74) is 8.00. The Morgan fingerprint density at radius 2 is 1.70 bits per heavy atom. The molecule has 0 bridgehead atoms. The zero-order chi connectivity index (χ0) is 25.2. The van der Waals surface area contributed by atoms with Crippen LogP contribution in [0.15, 0.2) is 78.9 Å². The van der Waals surface area contributed by atoms with Crippen LogP contribution in [0.3, 0.4) is 0 Å². The summed E-state index contributed by atoms with van der Waals surface area (Å²) >= 11 is 0. The van der Waals surface area contributed by atoms with Crippen molar-refractivity contribution in [3.63, 3.8) is 0 Å². The van der Waals surface area contributed by atoms with Crippen LogP contribution in [0.5, 0.6) is 0 Å². The summed E-state index contributed by atoms with van der Waals surface area (Å²) in [6.45, 7) is 5.89. The highest BCUT2D eigenvalue weighted by Gasteiger charge is 2.29. The average Bonchev–Trinajstić information content (AvgIpc) is 3.26. The van der Waals surface area contributed by atoms with E-state index in [0.29, 0.717) is 0 Å². The largest absolute Gasteiger partial charge is 0.349 e. The van der Waals surface area contributed by atoms with Crippen LogP contribution in [0, 0.1) is 12.8 Å². The van der Waals surface area contributed by atoms with Gasteiger partial charge in [-0.3, -0.25) is 9.69 Å². The summed E-state index contributed by atoms with van der Waals surface area (Å²) in [7, 11) is 0. The lowest BCUT2D eigenvalue weighted by Gasteiger charge is -2.33. The summed E-state index contributed by atoms with van der Waals surface area (Å²) in [6, 6.07) is 28.7. The molecule has 1 atom stereocenters. The van der Waals surface area contributed by atoms with E-state index in [-0.39, 0.29) is 17.9 Å². The number of rotatable bonds is 6. The third-order valence-electron chi connectivity index (χ3n) is 8.35. The van der Waals surface area contributed by atoms with E-state index in [1.165, 1.54) is 38.9 Å². The third kappa shape index (κ3) is 5.21. The van der Waals surface area contributed by atoms with Gasteiger partial charge in [0.1, 0.15) is 0 Å². The maximum absolute atomic E-state index is 13.2. The van der Waals surface area contributed by atoms with Gasteiger partial charge in [-0.1, -0.05) is 72.3 Å². The number of fused-ring (bicyclic) bond motifs is 2. The van der Waals surface area contributed by atoms with Gasteiger partial charge in [-0.05, 0) is 86.3 Å². The Kier molecular flexibility index (Phi) is 6.84. The van der Waals surface area contributed by atoms with Gasteiger partial charge in [-0.15, -0.1) is 0 Å². The van der Waals surface area contributed by atoms with E-state index < -0.39 is 0 Å². The third-order valence-corrected chi connectivity index (χ3v) is 8.35. The number of para-hydroxylation sites is 1. The van der Waals surface area contributed by atoms with Gasteiger partial charge in [0.25, 0.3) is 0 Å². The first-order valence-corrected chi connectivity index (χ1v) is 13.9. The number of benzene rings is 3. The van der Waals surface area contributed by atoms with Gasteiger partial charge >= 0.3 is 0 Å². The van der Waals surface area contributed by atoms with E-state index >= 15 is 0 Å². The molecule has 1 fully saturated rings. The molecule has 4 heteroatoms. The monoisotopic (exact) mass is 491 g/mol. The molecular formula is C33H37N3O. The van der Waals surface area contributed by atoms with Crippen molar-refractivity contribution in [2.24, 2.45) is 5.92 Å². The smallest absolute Gasteiger partial charge is 0.223 e. The van der Waals surface area contributed by atoms with E-state index in [9.17, 15) is 4.79 Å². The molecule has 3 aromatic carbocycles. The van der Waals surface area contributed by atoms with Crippen molar-refractivity contribution < 1.29 is 4.79 Å². The molecule has 1 saturated heterocycles. The molecule has 4 nitrogen and oxygen atoms in total. The van der Waals surface area contributed by atoms with Crippen molar-refractivity contribution in [1.82, 2.24) is 14.8 Å². The lowest BCUT2D eigenvalue weighted by molar-refractivity contribution is -0.127. The van der Waals surface area contributed by atoms with Crippen LogP contribution >= 0.6 is 0 Å². The number of likely N-dealkylation sites (tertiary alicyclic amines) is 1. The fourth-order valence-corrected chi connectivity index (χ4v) is 6.35. The Bertz CT molecular complexity index is 1400. The number of hydrogen-bond donors (Lipinski definition) is 1. The highest BCUT2D eigenvalue weighted by atomic mass is 16.1. The number of nitrogens with zero attached hydrogens (tertiary/aromatic N) is 2. The minimum atomic E-state index is 0.114. The summed E-state index contributed by atoms with van der Waals surface area (Å²) in [4.78, 5) is 15.7. The molecule has 0 saturated carbocycles. The normalized spacial score (nSPS) is 18.6. The quantitative estimate of drug-likeness (QED) is 0.339. The zero-order valence-electron chi connectivity index (χ0n) is 21.8. The maximum atomic E-state index is 13.2. The highest BCUT2D eigenvalue weighted by Crippen LogP contribution is 2.31. The van der Waals surface area contributed by atoms with Crippen LogP contribution < -0.4 is 5.32 Å². The number of aryl methyl sites for hydroxylation is 2. The van der Waals surface area contributed by atoms with Crippen molar-refractivity contribution in [2.75, 3.05) is 13.1 Å². The lowest BCUT2D eigenvalue weighted by atomic mass is 9.87. The van der Waals surface area contributed by atoms with Crippen molar-refractivity contribution in [1.29, 1.82) is 0 Å². The molecule has 0 spiro atoms. The predicted molar refractivity (Wildman–Crippen MR) is 150 cm³/mol. The maximum Gasteiger partial charge on any atom is 0.223 e. The second-order valence-corrected chi connectivity index (χ2v) is 11.0. The van der Waals surface area contributed by atoms with E-state index in [1.54, 1.807) is 0 Å². The van der Waals surface area contributed by atoms with E-state index in [0.717, 1.165) is 58.3 Å². The fraction of sp³-hybridized carbons (Fsp3) is 0.364. The molecule has 6 rings (SSSR count). The molecule has 190 valence electrons. The van der Waals surface area contributed by atoms with Gasteiger partial charge in [-0.2, -0.15) is 0 Å². The second-order valence-electron chi connectivity index (χ2n) is 11.0. The number of aromatic nitrogens is 1. The molecule has 37 heavy (non-hydrogen) atoms. The number of carbonyl (C=O) groups is 1. The Labute approximate surface area is 220 Å². The van der Waals surface area contributed by atoms with Gasteiger partial charge in [0.2, 0.25) is 5.91 Å². The Hall–Kier alpha value is -3.37. The first-order valence-electron chi connectivity index (χ1n) is 13.9. The number of nitrogens with one attached hydrogen (secondary N) is 1. The molecule has 0 radical (unpaired) electrons. The first-order chi connectivity index (χ1) is 18.1. The van der Waals surface area contributed by atoms with Gasteiger partial charge < -0.3 is 9.88 Å². The SMILES string of the molecule is Cc1cccc(Cn2c(CN3CCC(C(=O)N[C@H]4CCCc5ccccc54)CC3)cc3ccccc32)c1. The van der Waals surface area contributed by atoms with Gasteiger partial charge in [-0.25, -0.2) is 0 Å². The van der Waals surface area contributed by atoms with Crippen LogP contribution in [0.25, 0.3) is 10.9 Å². The van der Waals surface area contributed by atoms with Gasteiger partial charge in [0, 0.05) is 30.2 Å². The Balaban J connectivity index is 1.11. The molecule has 1 N–H and O–H groups in total. The van der Waals surface area contributed by atoms with Crippen LogP contribution in [0.1, 0.15) is 59.7 Å². The molecule has 1 aromatic heterocycles. The molecule has 1 amide bonds. The predicted octanol–water partition coefficient (Wildman–Crippen LogP) is 6.40. The standard InChI is InChI=1S/C33H37N3O/c1-24-8-6-9-25(20-24)22-36-29(21-28-11-3-5-15-32(28)36)23-35-18-16-27(17-19-35)33(37)34-31-14-7-12-26-10-2-4-13-30(26)31/h2-6,8-11,13,15,20-21,27,31H,7,12,14,16-19,22-23H2,1H3,(H,34,37)/t31-/m0/s1. The molecule has 1 aliphatic carbocycles. The topological polar surface area (TPSA) is 37.3 Å². The first kappa shape index (κ1) is 24.0. The Morgan fingerprint density at radius 1 is 0.892 bits per heavy atom. The minimum Gasteiger partial charge on any atom is -0.349 e. The van der Waals surface area contributed by atoms with Crippen LogP contribution in [0.2, 0.25) is 0 Å².